The molecule has 0 aromatic heterocycles. The molecule has 0 saturated carbocycles. The van der Waals surface area contributed by atoms with Gasteiger partial charge in [-0.2, -0.15) is 13.2 Å². The fourth-order valence-electron chi connectivity index (χ4n) is 2.20. The number of carbonyl (C=O) groups is 1. The molecular formula is C20H18F3NO2. The van der Waals surface area contributed by atoms with Crippen molar-refractivity contribution in [1.82, 2.24) is 5.32 Å². The number of hydrogen-bond acceptors (Lipinski definition) is 2. The van der Waals surface area contributed by atoms with E-state index < -0.39 is 11.7 Å². The van der Waals surface area contributed by atoms with E-state index in [0.717, 1.165) is 23.4 Å². The second-order valence-corrected chi connectivity index (χ2v) is 5.51. The maximum Gasteiger partial charge on any atom is 0.416 e. The van der Waals surface area contributed by atoms with Gasteiger partial charge in [0, 0.05) is 12.0 Å². The van der Waals surface area contributed by atoms with Crippen molar-refractivity contribution >= 4 is 5.91 Å². The number of alkyl halides is 3. The van der Waals surface area contributed by atoms with Crippen LogP contribution in [0, 0.1) is 11.8 Å². The van der Waals surface area contributed by atoms with Crippen LogP contribution in [0.4, 0.5) is 13.2 Å². The Morgan fingerprint density at radius 3 is 2.54 bits per heavy atom. The van der Waals surface area contributed by atoms with Crippen molar-refractivity contribution in [2.24, 2.45) is 0 Å². The van der Waals surface area contributed by atoms with Gasteiger partial charge in [-0.05, 0) is 42.3 Å². The molecule has 1 N–H and O–H groups in total. The summed E-state index contributed by atoms with van der Waals surface area (Å²) in [5.41, 5.74) is 0.524. The topological polar surface area (TPSA) is 38.3 Å². The monoisotopic (exact) mass is 361 g/mol. The molecule has 0 radical (unpaired) electrons. The normalized spacial score (nSPS) is 10.6. The molecule has 0 heterocycles. The number of amides is 1. The summed E-state index contributed by atoms with van der Waals surface area (Å²) < 4.78 is 42.9. The van der Waals surface area contributed by atoms with E-state index in [9.17, 15) is 18.0 Å². The van der Waals surface area contributed by atoms with Crippen molar-refractivity contribution in [3.63, 3.8) is 0 Å². The molecule has 3 nitrogen and oxygen atoms in total. The van der Waals surface area contributed by atoms with Gasteiger partial charge in [0.25, 0.3) is 0 Å². The highest BCUT2D eigenvalue weighted by Crippen LogP contribution is 2.29. The number of halogens is 3. The van der Waals surface area contributed by atoms with Gasteiger partial charge in [0.2, 0.25) is 5.91 Å². The van der Waals surface area contributed by atoms with Crippen LogP contribution in [0.2, 0.25) is 0 Å². The van der Waals surface area contributed by atoms with Gasteiger partial charge in [-0.15, -0.1) is 0 Å². The van der Waals surface area contributed by atoms with Crippen LogP contribution < -0.4 is 10.1 Å². The lowest BCUT2D eigenvalue weighted by Crippen LogP contribution is -2.23. The fourth-order valence-corrected chi connectivity index (χ4v) is 2.20. The zero-order valence-electron chi connectivity index (χ0n) is 14.2. The van der Waals surface area contributed by atoms with Crippen molar-refractivity contribution in [3.05, 3.63) is 65.2 Å². The van der Waals surface area contributed by atoms with Crippen LogP contribution >= 0.6 is 0 Å². The van der Waals surface area contributed by atoms with Crippen LogP contribution in [0.3, 0.4) is 0 Å². The highest BCUT2D eigenvalue weighted by atomic mass is 19.4. The van der Waals surface area contributed by atoms with Crippen molar-refractivity contribution in [2.45, 2.75) is 19.0 Å². The van der Waals surface area contributed by atoms with Crippen LogP contribution in [0.1, 0.15) is 23.1 Å². The van der Waals surface area contributed by atoms with Gasteiger partial charge >= 0.3 is 6.18 Å². The molecule has 26 heavy (non-hydrogen) atoms. The Hall–Kier alpha value is -2.94. The van der Waals surface area contributed by atoms with Gasteiger partial charge in [-0.1, -0.05) is 30.0 Å². The Morgan fingerprint density at radius 1 is 1.15 bits per heavy atom. The predicted octanol–water partition coefficient (Wildman–Crippen LogP) is 3.81. The summed E-state index contributed by atoms with van der Waals surface area (Å²) in [5.74, 6) is 5.86. The molecular weight excluding hydrogens is 343 g/mol. The number of methoxy groups -OCH3 is 1. The van der Waals surface area contributed by atoms with Gasteiger partial charge in [0.05, 0.1) is 19.2 Å². The molecule has 136 valence electrons. The summed E-state index contributed by atoms with van der Waals surface area (Å²) in [6.45, 7) is 0.0810. The van der Waals surface area contributed by atoms with E-state index >= 15 is 0 Å². The van der Waals surface area contributed by atoms with Crippen molar-refractivity contribution in [3.8, 4) is 17.6 Å². The van der Waals surface area contributed by atoms with Crippen LogP contribution in [-0.4, -0.2) is 19.6 Å². The minimum Gasteiger partial charge on any atom is -0.497 e. The number of aryl methyl sites for hydroxylation is 1. The Morgan fingerprint density at radius 2 is 1.88 bits per heavy atom. The first-order valence-corrected chi connectivity index (χ1v) is 7.94. The summed E-state index contributed by atoms with van der Waals surface area (Å²) in [4.78, 5) is 11.8. The first-order chi connectivity index (χ1) is 12.4. The molecule has 1 amide bonds. The SMILES string of the molecule is COc1ccc(CCC(=O)NCC#Cc2cccc(C(F)(F)F)c2)cc1. The van der Waals surface area contributed by atoms with Crippen LogP contribution in [0.15, 0.2) is 48.5 Å². The Balaban J connectivity index is 1.79. The third kappa shape index (κ3) is 6.17. The van der Waals surface area contributed by atoms with E-state index in [2.05, 4.69) is 17.2 Å². The first kappa shape index (κ1) is 19.4. The number of rotatable bonds is 5. The number of nitrogens with one attached hydrogen (secondary N) is 1. The minimum absolute atomic E-state index is 0.0810. The molecule has 0 atom stereocenters. The summed E-state index contributed by atoms with van der Waals surface area (Å²) in [6.07, 6.45) is -3.51. The number of hydrogen-bond donors (Lipinski definition) is 1. The van der Waals surface area contributed by atoms with Gasteiger partial charge < -0.3 is 10.1 Å². The zero-order chi connectivity index (χ0) is 19.0. The summed E-state index contributed by atoms with van der Waals surface area (Å²) in [6, 6.07) is 12.2. The smallest absolute Gasteiger partial charge is 0.416 e. The lowest BCUT2D eigenvalue weighted by Gasteiger charge is -2.05. The van der Waals surface area contributed by atoms with Gasteiger partial charge in [-0.3, -0.25) is 4.79 Å². The molecule has 0 aliphatic heterocycles. The van der Waals surface area contributed by atoms with Gasteiger partial charge in [-0.25, -0.2) is 0 Å². The summed E-state index contributed by atoms with van der Waals surface area (Å²) >= 11 is 0. The maximum atomic E-state index is 12.6. The molecule has 0 spiro atoms. The predicted molar refractivity (Wildman–Crippen MR) is 92.6 cm³/mol. The van der Waals surface area contributed by atoms with E-state index in [1.165, 1.54) is 12.1 Å². The van der Waals surface area contributed by atoms with Crippen LogP contribution in [0.5, 0.6) is 5.75 Å². The van der Waals surface area contributed by atoms with Crippen LogP contribution in [0.25, 0.3) is 0 Å². The highest BCUT2D eigenvalue weighted by molar-refractivity contribution is 5.76. The average Bonchev–Trinajstić information content (AvgIpc) is 2.63. The molecule has 2 aromatic rings. The van der Waals surface area contributed by atoms with Gasteiger partial charge in [0.1, 0.15) is 5.75 Å². The van der Waals surface area contributed by atoms with Gasteiger partial charge in [0.15, 0.2) is 0 Å². The molecule has 2 rings (SSSR count). The van der Waals surface area contributed by atoms with E-state index in [1.807, 2.05) is 24.3 Å². The Bertz CT molecular complexity index is 802. The number of benzene rings is 2. The lowest BCUT2D eigenvalue weighted by molar-refractivity contribution is -0.137. The number of carbonyl (C=O) groups excluding carboxylic acids is 1. The molecule has 2 aromatic carbocycles. The molecule has 0 saturated heterocycles. The fraction of sp³-hybridized carbons (Fsp3) is 0.250. The lowest BCUT2D eigenvalue weighted by atomic mass is 10.1. The zero-order valence-corrected chi connectivity index (χ0v) is 14.2. The highest BCUT2D eigenvalue weighted by Gasteiger charge is 2.30. The van der Waals surface area contributed by atoms with Crippen LogP contribution in [-0.2, 0) is 17.4 Å². The second-order valence-electron chi connectivity index (χ2n) is 5.51. The van der Waals surface area contributed by atoms with E-state index in [-0.39, 0.29) is 18.0 Å². The molecule has 0 aliphatic carbocycles. The first-order valence-electron chi connectivity index (χ1n) is 7.94. The second kappa shape index (κ2) is 8.95. The largest absolute Gasteiger partial charge is 0.497 e. The Kier molecular flexibility index (Phi) is 6.67. The molecule has 0 aliphatic rings. The molecule has 6 heteroatoms. The summed E-state index contributed by atoms with van der Waals surface area (Å²) in [7, 11) is 1.59. The number of ether oxygens (including phenoxy) is 1. The van der Waals surface area contributed by atoms with Crippen molar-refractivity contribution in [1.29, 1.82) is 0 Å². The van der Waals surface area contributed by atoms with E-state index in [1.54, 1.807) is 7.11 Å². The standard InChI is InChI=1S/C20H18F3NO2/c1-26-18-10-7-15(8-11-18)9-12-19(25)24-13-3-5-16-4-2-6-17(14-16)20(21,22)23/h2,4,6-8,10-11,14H,9,12-13H2,1H3,(H,24,25). The van der Waals surface area contributed by atoms with E-state index in [0.29, 0.717) is 12.8 Å². The summed E-state index contributed by atoms with van der Waals surface area (Å²) in [5, 5.41) is 2.63. The third-order valence-electron chi connectivity index (χ3n) is 3.60. The Labute approximate surface area is 150 Å². The van der Waals surface area contributed by atoms with Crippen molar-refractivity contribution in [2.75, 3.05) is 13.7 Å². The minimum atomic E-state index is -4.40. The molecule has 0 fully saturated rings. The molecule has 0 unspecified atom stereocenters. The maximum absolute atomic E-state index is 12.6. The van der Waals surface area contributed by atoms with E-state index in [4.69, 9.17) is 4.74 Å². The molecule has 0 bridgehead atoms. The average molecular weight is 361 g/mol. The van der Waals surface area contributed by atoms with Crippen molar-refractivity contribution < 1.29 is 22.7 Å². The quantitative estimate of drug-likeness (QED) is 0.823. The third-order valence-corrected chi connectivity index (χ3v) is 3.60.